The van der Waals surface area contributed by atoms with Crippen molar-refractivity contribution in [1.82, 2.24) is 9.88 Å². The van der Waals surface area contributed by atoms with Gasteiger partial charge in [0, 0.05) is 31.4 Å². The molecule has 0 bridgehead atoms. The molecule has 0 saturated heterocycles. The van der Waals surface area contributed by atoms with Gasteiger partial charge in [0.25, 0.3) is 5.91 Å². The Hall–Kier alpha value is -1.42. The lowest BCUT2D eigenvalue weighted by Crippen LogP contribution is -2.38. The van der Waals surface area contributed by atoms with Gasteiger partial charge in [-0.3, -0.25) is 9.78 Å². The number of aromatic nitrogens is 1. The van der Waals surface area contributed by atoms with Gasteiger partial charge in [0.2, 0.25) is 0 Å². The summed E-state index contributed by atoms with van der Waals surface area (Å²) < 4.78 is 0. The van der Waals surface area contributed by atoms with Gasteiger partial charge in [0.1, 0.15) is 0 Å². The fourth-order valence-corrected chi connectivity index (χ4v) is 2.65. The van der Waals surface area contributed by atoms with Crippen LogP contribution in [0.1, 0.15) is 41.7 Å². The number of hydrogen-bond acceptors (Lipinski definition) is 3. The van der Waals surface area contributed by atoms with Gasteiger partial charge in [0.15, 0.2) is 0 Å². The lowest BCUT2D eigenvalue weighted by molar-refractivity contribution is 0.0451. The normalized spacial score (nSPS) is 23.1. The predicted octanol–water partition coefficient (Wildman–Crippen LogP) is 2.01. The Morgan fingerprint density at radius 1 is 1.42 bits per heavy atom. The molecule has 2 atom stereocenters. The van der Waals surface area contributed by atoms with Crippen LogP contribution in [0.15, 0.2) is 18.3 Å². The molecule has 19 heavy (non-hydrogen) atoms. The van der Waals surface area contributed by atoms with E-state index in [0.29, 0.717) is 12.1 Å². The van der Waals surface area contributed by atoms with E-state index in [1.165, 1.54) is 0 Å². The van der Waals surface area contributed by atoms with Crippen molar-refractivity contribution in [1.29, 1.82) is 0 Å². The number of pyridine rings is 1. The molecule has 1 aromatic rings. The van der Waals surface area contributed by atoms with Crippen molar-refractivity contribution in [3.8, 4) is 0 Å². The predicted molar refractivity (Wildman–Crippen MR) is 73.9 cm³/mol. The molecule has 2 rings (SSSR count). The molecule has 4 heteroatoms. The first-order valence-electron chi connectivity index (χ1n) is 6.94. The smallest absolute Gasteiger partial charge is 0.255 e. The van der Waals surface area contributed by atoms with Crippen LogP contribution in [0, 0.1) is 12.8 Å². The highest BCUT2D eigenvalue weighted by molar-refractivity contribution is 5.93. The average molecular weight is 262 g/mol. The highest BCUT2D eigenvalue weighted by atomic mass is 16.3. The second-order valence-electron chi connectivity index (χ2n) is 5.49. The summed E-state index contributed by atoms with van der Waals surface area (Å²) in [6.45, 7) is 2.52. The second-order valence-corrected chi connectivity index (χ2v) is 5.49. The molecule has 1 N–H and O–H groups in total. The van der Waals surface area contributed by atoms with Crippen molar-refractivity contribution >= 4 is 5.91 Å². The third-order valence-corrected chi connectivity index (χ3v) is 3.88. The summed E-state index contributed by atoms with van der Waals surface area (Å²) in [5.74, 6) is 0.186. The van der Waals surface area contributed by atoms with Crippen molar-refractivity contribution < 1.29 is 9.90 Å². The van der Waals surface area contributed by atoms with Crippen molar-refractivity contribution in [2.75, 3.05) is 13.6 Å². The summed E-state index contributed by atoms with van der Waals surface area (Å²) in [6.07, 6.45) is 5.46. The first kappa shape index (κ1) is 14.0. The number of amides is 1. The maximum atomic E-state index is 12.2. The van der Waals surface area contributed by atoms with E-state index >= 15 is 0 Å². The number of aliphatic hydroxyl groups excluding tert-OH is 1. The van der Waals surface area contributed by atoms with Gasteiger partial charge in [-0.2, -0.15) is 0 Å². The molecule has 1 amide bonds. The van der Waals surface area contributed by atoms with E-state index < -0.39 is 0 Å². The molecule has 1 saturated carbocycles. The van der Waals surface area contributed by atoms with Crippen molar-refractivity contribution in [2.24, 2.45) is 5.92 Å². The number of carbonyl (C=O) groups is 1. The monoisotopic (exact) mass is 262 g/mol. The van der Waals surface area contributed by atoms with Crippen LogP contribution < -0.4 is 0 Å². The molecule has 0 aromatic carbocycles. The van der Waals surface area contributed by atoms with Crippen LogP contribution in [0.25, 0.3) is 0 Å². The first-order valence-corrected chi connectivity index (χ1v) is 6.94. The van der Waals surface area contributed by atoms with Crippen LogP contribution >= 0.6 is 0 Å². The SMILES string of the molecule is Cc1ccc(C(=O)N(C)CC2CCCCC2O)cn1. The molecule has 0 spiro atoms. The Labute approximate surface area is 114 Å². The molecule has 0 radical (unpaired) electrons. The third-order valence-electron chi connectivity index (χ3n) is 3.88. The highest BCUT2D eigenvalue weighted by Gasteiger charge is 2.25. The van der Waals surface area contributed by atoms with Crippen LogP contribution in [-0.2, 0) is 0 Å². The zero-order valence-corrected chi connectivity index (χ0v) is 11.7. The maximum Gasteiger partial charge on any atom is 0.255 e. The topological polar surface area (TPSA) is 53.4 Å². The standard InChI is InChI=1S/C15H22N2O2/c1-11-7-8-12(9-16-11)15(19)17(2)10-13-5-3-4-6-14(13)18/h7-9,13-14,18H,3-6,10H2,1-2H3. The summed E-state index contributed by atoms with van der Waals surface area (Å²) >= 11 is 0. The number of hydrogen-bond donors (Lipinski definition) is 1. The summed E-state index contributed by atoms with van der Waals surface area (Å²) in [4.78, 5) is 18.1. The van der Waals surface area contributed by atoms with Gasteiger partial charge in [0.05, 0.1) is 11.7 Å². The fourth-order valence-electron chi connectivity index (χ4n) is 2.65. The number of rotatable bonds is 3. The number of carbonyl (C=O) groups excluding carboxylic acids is 1. The van der Waals surface area contributed by atoms with Crippen LogP contribution in [0.3, 0.4) is 0 Å². The third kappa shape index (κ3) is 3.53. The molecule has 1 heterocycles. The van der Waals surface area contributed by atoms with Crippen molar-refractivity contribution in [3.63, 3.8) is 0 Å². The number of aryl methyl sites for hydroxylation is 1. The molecular weight excluding hydrogens is 240 g/mol. The molecule has 104 valence electrons. The molecule has 1 aliphatic carbocycles. The quantitative estimate of drug-likeness (QED) is 0.906. The minimum atomic E-state index is -0.264. The van der Waals surface area contributed by atoms with Crippen molar-refractivity contribution in [2.45, 2.75) is 38.7 Å². The summed E-state index contributed by atoms with van der Waals surface area (Å²) in [5, 5.41) is 9.96. The highest BCUT2D eigenvalue weighted by Crippen LogP contribution is 2.25. The van der Waals surface area contributed by atoms with Gasteiger partial charge in [-0.05, 0) is 31.9 Å². The molecule has 2 unspecified atom stereocenters. The van der Waals surface area contributed by atoms with Crippen LogP contribution in [0.5, 0.6) is 0 Å². The van der Waals surface area contributed by atoms with Crippen LogP contribution in [0.2, 0.25) is 0 Å². The number of aliphatic hydroxyl groups is 1. The Kier molecular flexibility index (Phi) is 4.53. The zero-order valence-electron chi connectivity index (χ0n) is 11.7. The Morgan fingerprint density at radius 2 is 2.16 bits per heavy atom. The van der Waals surface area contributed by atoms with Crippen molar-refractivity contribution in [3.05, 3.63) is 29.6 Å². The van der Waals surface area contributed by atoms with Gasteiger partial charge < -0.3 is 10.0 Å². The van der Waals surface area contributed by atoms with Gasteiger partial charge in [-0.15, -0.1) is 0 Å². The number of nitrogens with zero attached hydrogens (tertiary/aromatic N) is 2. The summed E-state index contributed by atoms with van der Waals surface area (Å²) in [7, 11) is 1.80. The molecule has 1 aromatic heterocycles. The fraction of sp³-hybridized carbons (Fsp3) is 0.600. The summed E-state index contributed by atoms with van der Waals surface area (Å²) in [6, 6.07) is 3.65. The Morgan fingerprint density at radius 3 is 2.79 bits per heavy atom. The molecule has 0 aliphatic heterocycles. The molecular formula is C15H22N2O2. The zero-order chi connectivity index (χ0) is 13.8. The molecule has 4 nitrogen and oxygen atoms in total. The minimum Gasteiger partial charge on any atom is -0.393 e. The largest absolute Gasteiger partial charge is 0.393 e. The van der Waals surface area contributed by atoms with Gasteiger partial charge in [-0.1, -0.05) is 12.8 Å². The second kappa shape index (κ2) is 6.15. The van der Waals surface area contributed by atoms with E-state index in [-0.39, 0.29) is 17.9 Å². The van der Waals surface area contributed by atoms with E-state index in [1.54, 1.807) is 24.2 Å². The summed E-state index contributed by atoms with van der Waals surface area (Å²) in [5.41, 5.74) is 1.51. The maximum absolute atomic E-state index is 12.2. The Bertz CT molecular complexity index is 430. The lowest BCUT2D eigenvalue weighted by Gasteiger charge is -2.31. The lowest BCUT2D eigenvalue weighted by atomic mass is 9.86. The van der Waals surface area contributed by atoms with E-state index in [9.17, 15) is 9.90 Å². The van der Waals surface area contributed by atoms with Crippen LogP contribution in [0.4, 0.5) is 0 Å². The van der Waals surface area contributed by atoms with Gasteiger partial charge >= 0.3 is 0 Å². The van der Waals surface area contributed by atoms with Crippen LogP contribution in [-0.4, -0.2) is 40.6 Å². The van der Waals surface area contributed by atoms with E-state index in [0.717, 1.165) is 31.4 Å². The van der Waals surface area contributed by atoms with E-state index in [4.69, 9.17) is 0 Å². The van der Waals surface area contributed by atoms with E-state index in [1.807, 2.05) is 13.0 Å². The molecule has 1 aliphatic rings. The minimum absolute atomic E-state index is 0.0229. The first-order chi connectivity index (χ1) is 9.08. The average Bonchev–Trinajstić information content (AvgIpc) is 2.41. The Balaban J connectivity index is 1.97. The molecule has 1 fully saturated rings. The van der Waals surface area contributed by atoms with Gasteiger partial charge in [-0.25, -0.2) is 0 Å². The van der Waals surface area contributed by atoms with E-state index in [2.05, 4.69) is 4.98 Å².